The van der Waals surface area contributed by atoms with Crippen LogP contribution >= 0.6 is 0 Å². The Bertz CT molecular complexity index is 628. The summed E-state index contributed by atoms with van der Waals surface area (Å²) in [4.78, 5) is 11.8. The second kappa shape index (κ2) is 7.59. The number of nitrogens with one attached hydrogen (secondary N) is 1. The van der Waals surface area contributed by atoms with E-state index in [2.05, 4.69) is 5.32 Å². The number of aliphatic hydroxyl groups excluding tert-OH is 2. The molecule has 0 fully saturated rings. The van der Waals surface area contributed by atoms with E-state index >= 15 is 0 Å². The van der Waals surface area contributed by atoms with Crippen molar-refractivity contribution in [1.82, 2.24) is 5.32 Å². The highest BCUT2D eigenvalue weighted by molar-refractivity contribution is 5.78. The van der Waals surface area contributed by atoms with Crippen LogP contribution < -0.4 is 5.32 Å². The molecule has 2 aromatic rings. The predicted octanol–water partition coefficient (Wildman–Crippen LogP) is 1.28. The molecule has 1 atom stereocenters. The fourth-order valence-corrected chi connectivity index (χ4v) is 2.11. The maximum absolute atomic E-state index is 11.8. The summed E-state index contributed by atoms with van der Waals surface area (Å²) in [6, 6.07) is 13.8. The quantitative estimate of drug-likeness (QED) is 0.647. The molecule has 0 aromatic heterocycles. The molecule has 22 heavy (non-hydrogen) atoms. The fourth-order valence-electron chi connectivity index (χ4n) is 2.11. The number of aliphatic hydroxyl groups is 2. The Morgan fingerprint density at radius 1 is 1.14 bits per heavy atom. The van der Waals surface area contributed by atoms with Gasteiger partial charge in [-0.25, -0.2) is 0 Å². The third-order valence-electron chi connectivity index (χ3n) is 3.36. The second-order valence-corrected chi connectivity index (χ2v) is 5.03. The van der Waals surface area contributed by atoms with Crippen molar-refractivity contribution in [2.75, 3.05) is 6.54 Å². The second-order valence-electron chi connectivity index (χ2n) is 5.03. The number of phenols is 1. The van der Waals surface area contributed by atoms with Gasteiger partial charge >= 0.3 is 0 Å². The van der Waals surface area contributed by atoms with Crippen LogP contribution in [0.2, 0.25) is 0 Å². The average molecular weight is 301 g/mol. The molecule has 0 spiro atoms. The number of hydrogen-bond acceptors (Lipinski definition) is 4. The lowest BCUT2D eigenvalue weighted by atomic mass is 10.1. The molecule has 2 aromatic carbocycles. The minimum Gasteiger partial charge on any atom is -0.508 e. The molecular formula is C17H19NO4. The first kappa shape index (κ1) is 16.0. The van der Waals surface area contributed by atoms with Crippen LogP contribution in [-0.2, 0) is 17.8 Å². The number of aromatic hydroxyl groups is 1. The van der Waals surface area contributed by atoms with Crippen molar-refractivity contribution in [2.45, 2.75) is 19.1 Å². The van der Waals surface area contributed by atoms with Crippen LogP contribution in [0.1, 0.15) is 22.8 Å². The first-order valence-electron chi connectivity index (χ1n) is 7.01. The topological polar surface area (TPSA) is 89.8 Å². The van der Waals surface area contributed by atoms with E-state index in [0.29, 0.717) is 11.1 Å². The van der Waals surface area contributed by atoms with Gasteiger partial charge in [-0.2, -0.15) is 0 Å². The first-order valence-corrected chi connectivity index (χ1v) is 7.01. The van der Waals surface area contributed by atoms with Crippen molar-refractivity contribution in [3.05, 3.63) is 65.2 Å². The monoisotopic (exact) mass is 301 g/mol. The zero-order valence-electron chi connectivity index (χ0n) is 12.1. The summed E-state index contributed by atoms with van der Waals surface area (Å²) in [5.74, 6) is -0.196. The molecule has 4 N–H and O–H groups in total. The van der Waals surface area contributed by atoms with E-state index in [1.54, 1.807) is 6.07 Å². The number of carbonyl (C=O) groups is 1. The molecule has 0 aliphatic rings. The van der Waals surface area contributed by atoms with Crippen LogP contribution in [0.4, 0.5) is 0 Å². The van der Waals surface area contributed by atoms with Gasteiger partial charge in [0.25, 0.3) is 0 Å². The smallest absolute Gasteiger partial charge is 0.224 e. The van der Waals surface area contributed by atoms with Gasteiger partial charge in [-0.15, -0.1) is 0 Å². The summed E-state index contributed by atoms with van der Waals surface area (Å²) in [5, 5.41) is 31.3. The van der Waals surface area contributed by atoms with E-state index in [1.807, 2.05) is 30.3 Å². The molecule has 1 unspecified atom stereocenters. The van der Waals surface area contributed by atoms with Crippen LogP contribution in [-0.4, -0.2) is 27.8 Å². The van der Waals surface area contributed by atoms with Crippen LogP contribution in [0.3, 0.4) is 0 Å². The van der Waals surface area contributed by atoms with Crippen LogP contribution in [0, 0.1) is 0 Å². The third-order valence-corrected chi connectivity index (χ3v) is 3.36. The molecule has 116 valence electrons. The maximum atomic E-state index is 11.8. The molecule has 1 amide bonds. The lowest BCUT2D eigenvalue weighted by Crippen LogP contribution is -2.29. The molecule has 0 saturated carbocycles. The van der Waals surface area contributed by atoms with Gasteiger partial charge in [0.05, 0.1) is 19.1 Å². The van der Waals surface area contributed by atoms with Gasteiger partial charge in [0.1, 0.15) is 5.75 Å². The third kappa shape index (κ3) is 4.31. The van der Waals surface area contributed by atoms with Gasteiger partial charge in [0.15, 0.2) is 0 Å². The highest BCUT2D eigenvalue weighted by atomic mass is 16.3. The van der Waals surface area contributed by atoms with Gasteiger partial charge in [-0.3, -0.25) is 4.79 Å². The Hall–Kier alpha value is -2.37. The Kier molecular flexibility index (Phi) is 5.52. The van der Waals surface area contributed by atoms with E-state index < -0.39 is 6.10 Å². The zero-order valence-corrected chi connectivity index (χ0v) is 12.1. The molecule has 0 bridgehead atoms. The van der Waals surface area contributed by atoms with Crippen molar-refractivity contribution < 1.29 is 20.1 Å². The van der Waals surface area contributed by atoms with E-state index in [0.717, 1.165) is 5.56 Å². The Morgan fingerprint density at radius 2 is 1.86 bits per heavy atom. The Labute approximate surface area is 128 Å². The summed E-state index contributed by atoms with van der Waals surface area (Å²) in [6.45, 7) is -0.242. The number of hydrogen-bond donors (Lipinski definition) is 4. The molecular weight excluding hydrogens is 282 g/mol. The van der Waals surface area contributed by atoms with Crippen molar-refractivity contribution in [1.29, 1.82) is 0 Å². The molecule has 2 rings (SSSR count). The van der Waals surface area contributed by atoms with Gasteiger partial charge in [0.2, 0.25) is 5.91 Å². The summed E-state index contributed by atoms with van der Waals surface area (Å²) in [7, 11) is 0. The minimum absolute atomic E-state index is 0.0217. The highest BCUT2D eigenvalue weighted by Crippen LogP contribution is 2.22. The molecule has 5 heteroatoms. The van der Waals surface area contributed by atoms with Gasteiger partial charge < -0.3 is 20.6 Å². The van der Waals surface area contributed by atoms with Crippen molar-refractivity contribution in [2.24, 2.45) is 0 Å². The minimum atomic E-state index is -0.898. The van der Waals surface area contributed by atoms with Crippen LogP contribution in [0.25, 0.3) is 0 Å². The van der Waals surface area contributed by atoms with Crippen molar-refractivity contribution >= 4 is 5.91 Å². The standard InChI is InChI=1S/C17H19NO4/c19-11-14-9-13(6-7-15(14)20)16(21)10-18-17(22)8-12-4-2-1-3-5-12/h1-7,9,16,19-21H,8,10-11H2,(H,18,22). The number of rotatable bonds is 6. The largest absolute Gasteiger partial charge is 0.508 e. The van der Waals surface area contributed by atoms with Gasteiger partial charge in [-0.05, 0) is 23.3 Å². The van der Waals surface area contributed by atoms with Crippen molar-refractivity contribution in [3.63, 3.8) is 0 Å². The van der Waals surface area contributed by atoms with Gasteiger partial charge in [0, 0.05) is 12.1 Å². The van der Waals surface area contributed by atoms with E-state index in [9.17, 15) is 15.0 Å². The molecule has 0 radical (unpaired) electrons. The van der Waals surface area contributed by atoms with E-state index in [4.69, 9.17) is 5.11 Å². The number of benzene rings is 2. The number of carbonyl (C=O) groups excluding carboxylic acids is 1. The lowest BCUT2D eigenvalue weighted by Gasteiger charge is -2.14. The maximum Gasteiger partial charge on any atom is 0.224 e. The summed E-state index contributed by atoms with van der Waals surface area (Å²) < 4.78 is 0. The summed E-state index contributed by atoms with van der Waals surface area (Å²) in [5.41, 5.74) is 1.77. The van der Waals surface area contributed by atoms with Crippen LogP contribution in [0.5, 0.6) is 5.75 Å². The van der Waals surface area contributed by atoms with E-state index in [1.165, 1.54) is 12.1 Å². The highest BCUT2D eigenvalue weighted by Gasteiger charge is 2.12. The molecule has 0 saturated heterocycles. The molecule has 0 aliphatic heterocycles. The van der Waals surface area contributed by atoms with E-state index in [-0.39, 0.29) is 31.2 Å². The van der Waals surface area contributed by atoms with Crippen molar-refractivity contribution in [3.8, 4) is 5.75 Å². The van der Waals surface area contributed by atoms with Gasteiger partial charge in [-0.1, -0.05) is 36.4 Å². The fraction of sp³-hybridized carbons (Fsp3) is 0.235. The average Bonchev–Trinajstić information content (AvgIpc) is 2.54. The first-order chi connectivity index (χ1) is 10.6. The SMILES string of the molecule is O=C(Cc1ccccc1)NCC(O)c1ccc(O)c(CO)c1. The molecule has 0 aliphatic carbocycles. The molecule has 5 nitrogen and oxygen atoms in total. The Balaban J connectivity index is 1.89. The zero-order chi connectivity index (χ0) is 15.9. The normalized spacial score (nSPS) is 11.9. The predicted molar refractivity (Wildman–Crippen MR) is 82.1 cm³/mol. The summed E-state index contributed by atoms with van der Waals surface area (Å²) >= 11 is 0. The number of amides is 1. The van der Waals surface area contributed by atoms with Crippen LogP contribution in [0.15, 0.2) is 48.5 Å². The lowest BCUT2D eigenvalue weighted by molar-refractivity contribution is -0.120. The molecule has 0 heterocycles. The summed E-state index contributed by atoms with van der Waals surface area (Å²) in [6.07, 6.45) is -0.643. The Morgan fingerprint density at radius 3 is 2.55 bits per heavy atom.